The maximum absolute atomic E-state index is 12.5. The number of rotatable bonds is 11. The average molecular weight is 266 g/mol. The van der Waals surface area contributed by atoms with Gasteiger partial charge in [-0.05, 0) is 24.8 Å². The number of aliphatic hydroxyl groups is 1. The third-order valence-corrected chi connectivity index (χ3v) is 3.62. The van der Waals surface area contributed by atoms with Gasteiger partial charge >= 0.3 is 0 Å². The molecule has 0 fully saturated rings. The predicted octanol–water partition coefficient (Wildman–Crippen LogP) is 1.96. The van der Waals surface area contributed by atoms with Gasteiger partial charge in [0.2, 0.25) is 0 Å². The molecule has 0 saturated carbocycles. The number of alkyl halides is 2. The molecule has 0 atom stereocenters. The molecule has 3 nitrogen and oxygen atoms in total. The largest absolute Gasteiger partial charge is 0.395 e. The molecule has 0 bridgehead atoms. The first-order valence-corrected chi connectivity index (χ1v) is 6.85. The minimum absolute atomic E-state index is 0.0140. The molecule has 0 radical (unpaired) electrons. The summed E-state index contributed by atoms with van der Waals surface area (Å²) in [5.74, 6) is 0. The van der Waals surface area contributed by atoms with Gasteiger partial charge in [0.15, 0.2) is 0 Å². The van der Waals surface area contributed by atoms with Crippen LogP contribution in [0, 0.1) is 5.41 Å². The highest BCUT2D eigenvalue weighted by Gasteiger charge is 2.29. The smallest absolute Gasteiger partial charge is 0.251 e. The highest BCUT2D eigenvalue weighted by atomic mass is 19.3. The van der Waals surface area contributed by atoms with Gasteiger partial charge in [0.25, 0.3) is 6.43 Å². The highest BCUT2D eigenvalue weighted by molar-refractivity contribution is 4.83. The van der Waals surface area contributed by atoms with E-state index in [-0.39, 0.29) is 18.6 Å². The molecular formula is C13H28F2N2O. The van der Waals surface area contributed by atoms with E-state index in [4.69, 9.17) is 5.11 Å². The fourth-order valence-corrected chi connectivity index (χ4v) is 2.22. The van der Waals surface area contributed by atoms with Crippen LogP contribution in [0.1, 0.15) is 33.6 Å². The first-order valence-electron chi connectivity index (χ1n) is 6.85. The fourth-order valence-electron chi connectivity index (χ4n) is 2.22. The average Bonchev–Trinajstić information content (AvgIpc) is 2.34. The van der Waals surface area contributed by atoms with Crippen molar-refractivity contribution in [2.24, 2.45) is 5.41 Å². The van der Waals surface area contributed by atoms with Crippen molar-refractivity contribution >= 4 is 0 Å². The van der Waals surface area contributed by atoms with Crippen molar-refractivity contribution in [1.82, 2.24) is 10.2 Å². The predicted molar refractivity (Wildman–Crippen MR) is 71.1 cm³/mol. The van der Waals surface area contributed by atoms with E-state index in [1.54, 1.807) is 4.90 Å². The Hall–Kier alpha value is -0.260. The molecule has 0 rings (SSSR count). The molecule has 0 aliphatic heterocycles. The first kappa shape index (κ1) is 17.7. The Morgan fingerprint density at radius 2 is 1.83 bits per heavy atom. The number of hydrogen-bond acceptors (Lipinski definition) is 3. The molecule has 0 heterocycles. The standard InChI is InChI=1S/C13H28F2N2O/c1-4-13(5-2,10-16-6-3)11-17(7-8-18)9-12(14)15/h12,16,18H,4-11H2,1-3H3. The van der Waals surface area contributed by atoms with Crippen LogP contribution in [-0.4, -0.2) is 55.8 Å². The molecule has 0 spiro atoms. The van der Waals surface area contributed by atoms with Gasteiger partial charge in [0.1, 0.15) is 0 Å². The zero-order valence-electron chi connectivity index (χ0n) is 11.9. The van der Waals surface area contributed by atoms with Crippen LogP contribution in [0.4, 0.5) is 8.78 Å². The molecule has 0 aromatic rings. The number of nitrogens with one attached hydrogen (secondary N) is 1. The van der Waals surface area contributed by atoms with E-state index < -0.39 is 6.43 Å². The summed E-state index contributed by atoms with van der Waals surface area (Å²) in [5.41, 5.74) is 0.0140. The van der Waals surface area contributed by atoms with E-state index in [0.717, 1.165) is 25.9 Å². The molecule has 110 valence electrons. The molecule has 0 amide bonds. The van der Waals surface area contributed by atoms with Crippen molar-refractivity contribution in [3.63, 3.8) is 0 Å². The van der Waals surface area contributed by atoms with E-state index in [0.29, 0.717) is 13.1 Å². The Labute approximate surface area is 110 Å². The number of aliphatic hydroxyl groups excluding tert-OH is 1. The summed E-state index contributed by atoms with van der Waals surface area (Å²) >= 11 is 0. The number of halogens is 2. The van der Waals surface area contributed by atoms with Gasteiger partial charge in [-0.2, -0.15) is 0 Å². The maximum Gasteiger partial charge on any atom is 0.251 e. The lowest BCUT2D eigenvalue weighted by atomic mass is 9.81. The quantitative estimate of drug-likeness (QED) is 0.600. The lowest BCUT2D eigenvalue weighted by Crippen LogP contribution is -2.45. The summed E-state index contributed by atoms with van der Waals surface area (Å²) in [4.78, 5) is 1.68. The topological polar surface area (TPSA) is 35.5 Å². The molecule has 0 saturated heterocycles. The van der Waals surface area contributed by atoms with Crippen molar-refractivity contribution in [2.45, 2.75) is 40.0 Å². The Kier molecular flexibility index (Phi) is 9.50. The zero-order valence-corrected chi connectivity index (χ0v) is 11.9. The third kappa shape index (κ3) is 6.61. The van der Waals surface area contributed by atoms with Crippen molar-refractivity contribution in [1.29, 1.82) is 0 Å². The maximum atomic E-state index is 12.5. The third-order valence-electron chi connectivity index (χ3n) is 3.62. The Morgan fingerprint density at radius 1 is 1.22 bits per heavy atom. The molecule has 0 aliphatic rings. The summed E-state index contributed by atoms with van der Waals surface area (Å²) in [6.07, 6.45) is -0.453. The highest BCUT2D eigenvalue weighted by Crippen LogP contribution is 2.27. The summed E-state index contributed by atoms with van der Waals surface area (Å²) in [6, 6.07) is 0. The summed E-state index contributed by atoms with van der Waals surface area (Å²) < 4.78 is 25.0. The van der Waals surface area contributed by atoms with Crippen LogP contribution >= 0.6 is 0 Å². The van der Waals surface area contributed by atoms with E-state index in [9.17, 15) is 8.78 Å². The minimum Gasteiger partial charge on any atom is -0.395 e. The van der Waals surface area contributed by atoms with Gasteiger partial charge in [-0.3, -0.25) is 4.90 Å². The van der Waals surface area contributed by atoms with Crippen LogP contribution < -0.4 is 5.32 Å². The SMILES string of the molecule is CCNCC(CC)(CC)CN(CCO)CC(F)F. The Morgan fingerprint density at radius 3 is 2.22 bits per heavy atom. The summed E-state index contributed by atoms with van der Waals surface area (Å²) in [7, 11) is 0. The van der Waals surface area contributed by atoms with Crippen LogP contribution in [0.5, 0.6) is 0 Å². The lowest BCUT2D eigenvalue weighted by molar-refractivity contribution is 0.0474. The second-order valence-corrected chi connectivity index (χ2v) is 4.84. The van der Waals surface area contributed by atoms with Gasteiger partial charge in [-0.15, -0.1) is 0 Å². The lowest BCUT2D eigenvalue weighted by Gasteiger charge is -2.37. The van der Waals surface area contributed by atoms with Crippen molar-refractivity contribution in [3.05, 3.63) is 0 Å². The summed E-state index contributed by atoms with van der Waals surface area (Å²) in [6.45, 7) is 8.56. The van der Waals surface area contributed by atoms with Crippen molar-refractivity contribution < 1.29 is 13.9 Å². The monoisotopic (exact) mass is 266 g/mol. The van der Waals surface area contributed by atoms with Crippen LogP contribution in [0.3, 0.4) is 0 Å². The van der Waals surface area contributed by atoms with Crippen LogP contribution in [0.2, 0.25) is 0 Å². The van der Waals surface area contributed by atoms with Crippen molar-refractivity contribution in [3.8, 4) is 0 Å². The fraction of sp³-hybridized carbons (Fsp3) is 1.00. The molecule has 0 unspecified atom stereocenters. The van der Waals surface area contributed by atoms with E-state index in [1.807, 2.05) is 6.92 Å². The van der Waals surface area contributed by atoms with Gasteiger partial charge in [0, 0.05) is 19.6 Å². The van der Waals surface area contributed by atoms with E-state index in [2.05, 4.69) is 19.2 Å². The molecule has 0 aromatic heterocycles. The number of nitrogens with zero attached hydrogens (tertiary/aromatic N) is 1. The molecule has 2 N–H and O–H groups in total. The minimum atomic E-state index is -2.35. The zero-order chi connectivity index (χ0) is 14.0. The van der Waals surface area contributed by atoms with Crippen LogP contribution in [0.15, 0.2) is 0 Å². The second kappa shape index (κ2) is 9.64. The number of hydrogen-bond donors (Lipinski definition) is 2. The molecule has 18 heavy (non-hydrogen) atoms. The van der Waals surface area contributed by atoms with Crippen LogP contribution in [-0.2, 0) is 0 Å². The molecule has 0 aromatic carbocycles. The van der Waals surface area contributed by atoms with Crippen molar-refractivity contribution in [2.75, 3.05) is 39.3 Å². The normalized spacial score (nSPS) is 12.7. The molecular weight excluding hydrogens is 238 g/mol. The first-order chi connectivity index (χ1) is 8.53. The van der Waals surface area contributed by atoms with E-state index >= 15 is 0 Å². The van der Waals surface area contributed by atoms with Crippen LogP contribution in [0.25, 0.3) is 0 Å². The Balaban J connectivity index is 4.56. The Bertz CT molecular complexity index is 199. The van der Waals surface area contributed by atoms with Gasteiger partial charge in [-0.25, -0.2) is 8.78 Å². The summed E-state index contributed by atoms with van der Waals surface area (Å²) in [5, 5.41) is 12.3. The second-order valence-electron chi connectivity index (χ2n) is 4.84. The molecule has 0 aliphatic carbocycles. The van der Waals surface area contributed by atoms with Gasteiger partial charge < -0.3 is 10.4 Å². The molecule has 5 heteroatoms. The van der Waals surface area contributed by atoms with E-state index in [1.165, 1.54) is 0 Å². The van der Waals surface area contributed by atoms with Gasteiger partial charge in [0.05, 0.1) is 13.2 Å². The van der Waals surface area contributed by atoms with Gasteiger partial charge in [-0.1, -0.05) is 20.8 Å².